The summed E-state index contributed by atoms with van der Waals surface area (Å²) >= 11 is 1.31. The van der Waals surface area contributed by atoms with E-state index in [1.54, 1.807) is 30.3 Å². The number of hydrogen-bond donors (Lipinski definition) is 1. The van der Waals surface area contributed by atoms with Gasteiger partial charge in [-0.05, 0) is 56.1 Å². The van der Waals surface area contributed by atoms with Gasteiger partial charge in [-0.15, -0.1) is 0 Å². The zero-order valence-electron chi connectivity index (χ0n) is 13.8. The third-order valence-corrected chi connectivity index (χ3v) is 5.96. The number of nitrogens with zero attached hydrogens (tertiary/aromatic N) is 2. The Kier molecular flexibility index (Phi) is 4.43. The third-order valence-electron chi connectivity index (χ3n) is 5.00. The lowest BCUT2D eigenvalue weighted by Crippen LogP contribution is -2.57. The lowest BCUT2D eigenvalue weighted by atomic mass is 9.84. The number of hydrogen-bond acceptors (Lipinski definition) is 5. The number of nitriles is 1. The molecule has 5 rings (SSSR count). The number of carbonyl (C=O) groups excluding carboxylic acids is 1. The average molecular weight is 353 g/mol. The van der Waals surface area contributed by atoms with Crippen LogP contribution in [0.15, 0.2) is 36.4 Å². The number of fused-ring (bicyclic) bond motifs is 3. The minimum atomic E-state index is -0.0350. The molecule has 2 bridgehead atoms. The van der Waals surface area contributed by atoms with Crippen LogP contribution < -0.4 is 10.1 Å². The van der Waals surface area contributed by atoms with Crippen LogP contribution in [0.3, 0.4) is 0 Å². The highest BCUT2D eigenvalue weighted by molar-refractivity contribution is 7.15. The predicted octanol–water partition coefficient (Wildman–Crippen LogP) is 3.24. The van der Waals surface area contributed by atoms with Crippen LogP contribution in [-0.2, 0) is 0 Å². The summed E-state index contributed by atoms with van der Waals surface area (Å²) in [7, 11) is 0. The van der Waals surface area contributed by atoms with Crippen molar-refractivity contribution in [1.29, 1.82) is 5.26 Å². The monoisotopic (exact) mass is 353 g/mol. The van der Waals surface area contributed by atoms with Crippen LogP contribution in [0, 0.1) is 17.2 Å². The normalized spacial score (nSPS) is 24.5. The molecule has 1 aromatic heterocycles. The van der Waals surface area contributed by atoms with E-state index in [0.29, 0.717) is 27.2 Å². The third kappa shape index (κ3) is 3.39. The SMILES string of the molecule is N#Cc1ccccc1Oc1ccc(C(=O)NC2CN3CCC2CC3)s1. The molecule has 25 heavy (non-hydrogen) atoms. The summed E-state index contributed by atoms with van der Waals surface area (Å²) in [5.41, 5.74) is 0.481. The molecule has 2 aromatic rings. The van der Waals surface area contributed by atoms with Crippen LogP contribution in [-0.4, -0.2) is 36.5 Å². The number of para-hydroxylation sites is 1. The molecule has 0 spiro atoms. The van der Waals surface area contributed by atoms with Gasteiger partial charge in [0.15, 0.2) is 5.06 Å². The van der Waals surface area contributed by atoms with Gasteiger partial charge in [0.05, 0.1) is 10.4 Å². The topological polar surface area (TPSA) is 65.4 Å². The second-order valence-electron chi connectivity index (χ2n) is 6.55. The van der Waals surface area contributed by atoms with Crippen LogP contribution in [0.4, 0.5) is 0 Å². The minimum Gasteiger partial charge on any atom is -0.445 e. The minimum absolute atomic E-state index is 0.0350. The van der Waals surface area contributed by atoms with Gasteiger partial charge in [0, 0.05) is 12.6 Å². The van der Waals surface area contributed by atoms with E-state index in [9.17, 15) is 4.79 Å². The van der Waals surface area contributed by atoms with Crippen LogP contribution in [0.2, 0.25) is 0 Å². The Balaban J connectivity index is 1.42. The first-order valence-electron chi connectivity index (χ1n) is 8.53. The molecule has 1 aromatic carbocycles. The van der Waals surface area contributed by atoms with Crippen molar-refractivity contribution in [2.45, 2.75) is 18.9 Å². The molecule has 0 aliphatic carbocycles. The number of ether oxygens (including phenoxy) is 1. The predicted molar refractivity (Wildman–Crippen MR) is 96.0 cm³/mol. The quantitative estimate of drug-likeness (QED) is 0.916. The largest absolute Gasteiger partial charge is 0.445 e. The molecular formula is C19H19N3O2S. The summed E-state index contributed by atoms with van der Waals surface area (Å²) in [6.07, 6.45) is 2.35. The highest BCUT2D eigenvalue weighted by Gasteiger charge is 2.35. The summed E-state index contributed by atoms with van der Waals surface area (Å²) in [5, 5.41) is 12.9. The van der Waals surface area contributed by atoms with E-state index < -0.39 is 0 Å². The fourth-order valence-corrected chi connectivity index (χ4v) is 4.39. The first-order chi connectivity index (χ1) is 12.2. The first-order valence-corrected chi connectivity index (χ1v) is 9.34. The fourth-order valence-electron chi connectivity index (χ4n) is 3.62. The summed E-state index contributed by atoms with van der Waals surface area (Å²) in [6.45, 7) is 3.28. The van der Waals surface area contributed by atoms with Crippen molar-refractivity contribution >= 4 is 17.2 Å². The maximum atomic E-state index is 12.6. The van der Waals surface area contributed by atoms with Crippen LogP contribution in [0.5, 0.6) is 10.8 Å². The van der Waals surface area contributed by atoms with E-state index in [4.69, 9.17) is 10.00 Å². The van der Waals surface area contributed by atoms with Crippen LogP contribution >= 0.6 is 11.3 Å². The number of benzene rings is 1. The molecule has 3 aliphatic heterocycles. The summed E-state index contributed by atoms with van der Waals surface area (Å²) in [5.74, 6) is 1.08. The molecule has 3 saturated heterocycles. The Morgan fingerprint density at radius 2 is 2.04 bits per heavy atom. The van der Waals surface area contributed by atoms with Gasteiger partial charge in [0.1, 0.15) is 11.8 Å². The second kappa shape index (κ2) is 6.87. The highest BCUT2D eigenvalue weighted by atomic mass is 32.1. The molecule has 6 heteroatoms. The Hall–Kier alpha value is -2.36. The van der Waals surface area contributed by atoms with Crippen molar-refractivity contribution < 1.29 is 9.53 Å². The highest BCUT2D eigenvalue weighted by Crippen LogP contribution is 2.32. The van der Waals surface area contributed by atoms with Crippen molar-refractivity contribution in [2.75, 3.05) is 19.6 Å². The molecule has 1 N–H and O–H groups in total. The van der Waals surface area contributed by atoms with Crippen molar-refractivity contribution in [3.63, 3.8) is 0 Å². The van der Waals surface area contributed by atoms with Crippen molar-refractivity contribution in [2.24, 2.45) is 5.92 Å². The van der Waals surface area contributed by atoms with Crippen molar-refractivity contribution in [1.82, 2.24) is 10.2 Å². The summed E-state index contributed by atoms with van der Waals surface area (Å²) in [4.78, 5) is 15.6. The number of thiophene rings is 1. The van der Waals surface area contributed by atoms with E-state index in [-0.39, 0.29) is 11.9 Å². The van der Waals surface area contributed by atoms with Gasteiger partial charge < -0.3 is 15.0 Å². The van der Waals surface area contributed by atoms with E-state index in [1.807, 2.05) is 6.07 Å². The molecule has 0 radical (unpaired) electrons. The molecule has 128 valence electrons. The number of rotatable bonds is 4. The van der Waals surface area contributed by atoms with E-state index in [1.165, 1.54) is 24.2 Å². The summed E-state index contributed by atoms with van der Waals surface area (Å²) < 4.78 is 5.78. The second-order valence-corrected chi connectivity index (χ2v) is 7.59. The molecular weight excluding hydrogens is 334 g/mol. The van der Waals surface area contributed by atoms with Gasteiger partial charge >= 0.3 is 0 Å². The zero-order valence-corrected chi connectivity index (χ0v) is 14.6. The summed E-state index contributed by atoms with van der Waals surface area (Å²) in [6, 6.07) is 13.0. The maximum Gasteiger partial charge on any atom is 0.261 e. The Morgan fingerprint density at radius 1 is 1.24 bits per heavy atom. The van der Waals surface area contributed by atoms with Gasteiger partial charge in [-0.25, -0.2) is 0 Å². The Morgan fingerprint density at radius 3 is 2.76 bits per heavy atom. The fraction of sp³-hybridized carbons (Fsp3) is 0.368. The van der Waals surface area contributed by atoms with E-state index in [0.717, 1.165) is 19.6 Å². The van der Waals surface area contributed by atoms with Gasteiger partial charge in [0.2, 0.25) is 0 Å². The lowest BCUT2D eigenvalue weighted by molar-refractivity contribution is 0.0622. The lowest BCUT2D eigenvalue weighted by Gasteiger charge is -2.44. The Labute approximate surface area is 150 Å². The van der Waals surface area contributed by atoms with Crippen molar-refractivity contribution in [3.05, 3.63) is 46.8 Å². The van der Waals surface area contributed by atoms with Crippen molar-refractivity contribution in [3.8, 4) is 16.9 Å². The average Bonchev–Trinajstić information content (AvgIpc) is 3.12. The van der Waals surface area contributed by atoms with Crippen LogP contribution in [0.1, 0.15) is 28.1 Å². The van der Waals surface area contributed by atoms with Gasteiger partial charge in [0.25, 0.3) is 5.91 Å². The molecule has 0 saturated carbocycles. The molecule has 1 amide bonds. The molecule has 1 unspecified atom stereocenters. The molecule has 3 aliphatic rings. The number of nitrogens with one attached hydrogen (secondary N) is 1. The van der Waals surface area contributed by atoms with E-state index in [2.05, 4.69) is 16.3 Å². The molecule has 5 nitrogen and oxygen atoms in total. The Bertz CT molecular complexity index is 818. The van der Waals surface area contributed by atoms with E-state index >= 15 is 0 Å². The number of carbonyl (C=O) groups is 1. The van der Waals surface area contributed by atoms with Gasteiger partial charge in [-0.3, -0.25) is 4.79 Å². The zero-order chi connectivity index (χ0) is 17.2. The molecule has 1 atom stereocenters. The van der Waals surface area contributed by atoms with Gasteiger partial charge in [-0.1, -0.05) is 23.5 Å². The number of piperidine rings is 3. The molecule has 4 heterocycles. The molecule has 3 fully saturated rings. The number of amides is 1. The smallest absolute Gasteiger partial charge is 0.261 e. The first kappa shape index (κ1) is 16.1. The van der Waals surface area contributed by atoms with Gasteiger partial charge in [-0.2, -0.15) is 5.26 Å². The maximum absolute atomic E-state index is 12.6. The standard InChI is InChI=1S/C19H19N3O2S/c20-11-14-3-1-2-4-16(14)24-18-6-5-17(25-18)19(23)21-15-12-22-9-7-13(15)8-10-22/h1-6,13,15H,7-10,12H2,(H,21,23). The van der Waals surface area contributed by atoms with Crippen LogP contribution in [0.25, 0.3) is 0 Å².